The van der Waals surface area contributed by atoms with Crippen molar-refractivity contribution in [3.05, 3.63) is 77.9 Å². The van der Waals surface area contributed by atoms with Crippen LogP contribution in [0, 0.1) is 11.3 Å². The van der Waals surface area contributed by atoms with Crippen molar-refractivity contribution < 1.29 is 14.3 Å². The summed E-state index contributed by atoms with van der Waals surface area (Å²) < 4.78 is 10.8. The molecule has 0 bridgehead atoms. The zero-order valence-corrected chi connectivity index (χ0v) is 16.9. The largest absolute Gasteiger partial charge is 0.494 e. The Kier molecular flexibility index (Phi) is 6.56. The summed E-state index contributed by atoms with van der Waals surface area (Å²) in [6, 6.07) is 21.4. The monoisotopic (exact) mass is 401 g/mol. The van der Waals surface area contributed by atoms with E-state index >= 15 is 0 Å². The first-order chi connectivity index (χ1) is 14.5. The Morgan fingerprint density at radius 2 is 1.87 bits per heavy atom. The first-order valence-electron chi connectivity index (χ1n) is 9.52. The maximum absolute atomic E-state index is 12.6. The van der Waals surface area contributed by atoms with E-state index in [2.05, 4.69) is 11.4 Å². The number of anilines is 2. The Labute approximate surface area is 175 Å². The number of benzene rings is 3. The Balaban J connectivity index is 2.04. The summed E-state index contributed by atoms with van der Waals surface area (Å²) in [5, 5.41) is 12.2. The molecule has 0 spiro atoms. The molecular weight excluding hydrogens is 378 g/mol. The molecule has 0 radical (unpaired) electrons. The van der Waals surface area contributed by atoms with E-state index < -0.39 is 12.0 Å². The summed E-state index contributed by atoms with van der Waals surface area (Å²) in [5.74, 6) is 0.203. The maximum atomic E-state index is 12.6. The normalized spacial score (nSPS) is 11.2. The summed E-state index contributed by atoms with van der Waals surface area (Å²) in [4.78, 5) is 12.6. The van der Waals surface area contributed by atoms with Crippen molar-refractivity contribution in [1.82, 2.24) is 0 Å². The van der Waals surface area contributed by atoms with Crippen molar-refractivity contribution in [2.45, 2.75) is 13.0 Å². The molecule has 3 rings (SSSR count). The van der Waals surface area contributed by atoms with Crippen LogP contribution in [0.15, 0.2) is 66.7 Å². The van der Waals surface area contributed by atoms with Gasteiger partial charge in [-0.05, 0) is 78.2 Å². The fourth-order valence-electron chi connectivity index (χ4n) is 3.13. The van der Waals surface area contributed by atoms with Gasteiger partial charge in [0.2, 0.25) is 0 Å². The molecule has 0 saturated heterocycles. The smallest absolute Gasteiger partial charge is 0.332 e. The zero-order valence-electron chi connectivity index (χ0n) is 16.9. The van der Waals surface area contributed by atoms with E-state index in [1.165, 1.54) is 7.11 Å². The van der Waals surface area contributed by atoms with Crippen molar-refractivity contribution in [3.8, 4) is 22.9 Å². The molecule has 30 heavy (non-hydrogen) atoms. The zero-order chi connectivity index (χ0) is 21.5. The quantitative estimate of drug-likeness (QED) is 0.446. The second kappa shape index (κ2) is 9.48. The van der Waals surface area contributed by atoms with Crippen molar-refractivity contribution in [1.29, 1.82) is 5.26 Å². The number of nitrogens with one attached hydrogen (secondary N) is 1. The van der Waals surface area contributed by atoms with Gasteiger partial charge in [-0.1, -0.05) is 12.1 Å². The molecule has 0 aliphatic rings. The fraction of sp³-hybridized carbons (Fsp3) is 0.167. The Morgan fingerprint density at radius 3 is 2.50 bits per heavy atom. The highest BCUT2D eigenvalue weighted by molar-refractivity contribution is 5.82. The Morgan fingerprint density at radius 1 is 1.10 bits per heavy atom. The van der Waals surface area contributed by atoms with Gasteiger partial charge in [0, 0.05) is 11.4 Å². The number of nitriles is 1. The molecule has 1 unspecified atom stereocenters. The lowest BCUT2D eigenvalue weighted by Gasteiger charge is -2.20. The van der Waals surface area contributed by atoms with Gasteiger partial charge in [-0.2, -0.15) is 5.26 Å². The molecule has 0 saturated carbocycles. The van der Waals surface area contributed by atoms with E-state index in [-0.39, 0.29) is 0 Å². The molecule has 3 aromatic rings. The molecule has 1 atom stereocenters. The third-order valence-electron chi connectivity index (χ3n) is 4.56. The van der Waals surface area contributed by atoms with Crippen molar-refractivity contribution in [2.75, 3.05) is 24.8 Å². The Bertz CT molecular complexity index is 1070. The third-order valence-corrected chi connectivity index (χ3v) is 4.56. The van der Waals surface area contributed by atoms with Gasteiger partial charge in [-0.15, -0.1) is 0 Å². The van der Waals surface area contributed by atoms with Gasteiger partial charge in [0.15, 0.2) is 6.04 Å². The predicted octanol–water partition coefficient (Wildman–Crippen LogP) is 4.53. The SMILES string of the molecule is CCOc1cc(-c2cccc(N)c2)cc(C(Nc2ccc(C#N)cc2)C(=O)OC)c1. The number of rotatable bonds is 7. The summed E-state index contributed by atoms with van der Waals surface area (Å²) in [6.07, 6.45) is 0. The molecular formula is C24H23N3O3. The average molecular weight is 401 g/mol. The molecule has 3 N–H and O–H groups in total. The second-order valence-corrected chi connectivity index (χ2v) is 6.64. The summed E-state index contributed by atoms with van der Waals surface area (Å²) >= 11 is 0. The number of ether oxygens (including phenoxy) is 2. The predicted molar refractivity (Wildman–Crippen MR) is 117 cm³/mol. The summed E-state index contributed by atoms with van der Waals surface area (Å²) in [6.45, 7) is 2.39. The van der Waals surface area contributed by atoms with Crippen LogP contribution in [0.5, 0.6) is 5.75 Å². The topological polar surface area (TPSA) is 97.4 Å². The molecule has 0 aromatic heterocycles. The van der Waals surface area contributed by atoms with Crippen LogP contribution >= 0.6 is 0 Å². The molecule has 0 heterocycles. The second-order valence-electron chi connectivity index (χ2n) is 6.64. The Hall–Kier alpha value is -3.98. The van der Waals surface area contributed by atoms with Crippen molar-refractivity contribution in [2.24, 2.45) is 0 Å². The first kappa shape index (κ1) is 20.7. The van der Waals surface area contributed by atoms with E-state index in [1.807, 2.05) is 49.4 Å². The highest BCUT2D eigenvalue weighted by Crippen LogP contribution is 2.32. The number of nitrogen functional groups attached to an aromatic ring is 1. The lowest BCUT2D eigenvalue weighted by Crippen LogP contribution is -2.22. The summed E-state index contributed by atoms with van der Waals surface area (Å²) in [7, 11) is 1.35. The van der Waals surface area contributed by atoms with E-state index in [1.54, 1.807) is 24.3 Å². The van der Waals surface area contributed by atoms with Crippen LogP contribution in [0.2, 0.25) is 0 Å². The number of esters is 1. The average Bonchev–Trinajstić information content (AvgIpc) is 2.77. The first-order valence-corrected chi connectivity index (χ1v) is 9.52. The van der Waals surface area contributed by atoms with Crippen molar-refractivity contribution >= 4 is 17.3 Å². The van der Waals surface area contributed by atoms with E-state index in [9.17, 15) is 4.79 Å². The number of nitrogens with two attached hydrogens (primary N) is 1. The minimum absolute atomic E-state index is 0.438. The third kappa shape index (κ3) is 4.89. The van der Waals surface area contributed by atoms with Gasteiger partial charge in [0.1, 0.15) is 5.75 Å². The number of nitrogens with zero attached hydrogens (tertiary/aromatic N) is 1. The molecule has 3 aromatic carbocycles. The van der Waals surface area contributed by atoms with Gasteiger partial charge >= 0.3 is 5.97 Å². The fourth-order valence-corrected chi connectivity index (χ4v) is 3.13. The van der Waals surface area contributed by atoms with Crippen LogP contribution in [0.3, 0.4) is 0 Å². The standard InChI is InChI=1S/C24H23N3O3/c1-3-30-22-13-18(17-5-4-6-20(26)12-17)11-19(14-22)23(24(28)29-2)27-21-9-7-16(15-25)8-10-21/h4-14,23,27H,3,26H2,1-2H3. The van der Waals surface area contributed by atoms with E-state index in [4.69, 9.17) is 20.5 Å². The van der Waals surface area contributed by atoms with E-state index in [0.717, 1.165) is 11.1 Å². The molecule has 6 heteroatoms. The molecule has 0 aliphatic carbocycles. The molecule has 0 amide bonds. The van der Waals surface area contributed by atoms with Crippen LogP contribution in [0.4, 0.5) is 11.4 Å². The lowest BCUT2D eigenvalue weighted by molar-refractivity contribution is -0.141. The number of hydrogen-bond acceptors (Lipinski definition) is 6. The molecule has 0 aliphatic heterocycles. The number of hydrogen-bond donors (Lipinski definition) is 2. The molecule has 0 fully saturated rings. The van der Waals surface area contributed by atoms with Gasteiger partial charge in [0.25, 0.3) is 0 Å². The highest BCUT2D eigenvalue weighted by atomic mass is 16.5. The molecule has 6 nitrogen and oxygen atoms in total. The minimum Gasteiger partial charge on any atom is -0.494 e. The van der Waals surface area contributed by atoms with E-state index in [0.29, 0.717) is 34.9 Å². The van der Waals surface area contributed by atoms with Crippen LogP contribution < -0.4 is 15.8 Å². The number of methoxy groups -OCH3 is 1. The van der Waals surface area contributed by atoms with Crippen LogP contribution in [-0.2, 0) is 9.53 Å². The van der Waals surface area contributed by atoms with Gasteiger partial charge in [-0.25, -0.2) is 4.79 Å². The van der Waals surface area contributed by atoms with Crippen LogP contribution in [0.25, 0.3) is 11.1 Å². The summed E-state index contributed by atoms with van der Waals surface area (Å²) in [5.41, 5.74) is 10.3. The van der Waals surface area contributed by atoms with Gasteiger partial charge in [0.05, 0.1) is 25.3 Å². The number of carbonyl (C=O) groups is 1. The van der Waals surface area contributed by atoms with Gasteiger partial charge in [-0.3, -0.25) is 0 Å². The minimum atomic E-state index is -0.761. The van der Waals surface area contributed by atoms with Crippen LogP contribution in [-0.4, -0.2) is 19.7 Å². The lowest BCUT2D eigenvalue weighted by atomic mass is 9.98. The van der Waals surface area contributed by atoms with Gasteiger partial charge < -0.3 is 20.5 Å². The number of carbonyl (C=O) groups excluding carboxylic acids is 1. The van der Waals surface area contributed by atoms with Crippen LogP contribution in [0.1, 0.15) is 24.1 Å². The highest BCUT2D eigenvalue weighted by Gasteiger charge is 2.23. The van der Waals surface area contributed by atoms with Crippen molar-refractivity contribution in [3.63, 3.8) is 0 Å². The molecule has 152 valence electrons. The maximum Gasteiger partial charge on any atom is 0.332 e.